The van der Waals surface area contributed by atoms with Crippen molar-refractivity contribution in [3.05, 3.63) is 53.6 Å². The summed E-state index contributed by atoms with van der Waals surface area (Å²) >= 11 is 0. The molecule has 9 nitrogen and oxygen atoms in total. The number of nitrogens with zero attached hydrogens (tertiary/aromatic N) is 1. The van der Waals surface area contributed by atoms with Crippen molar-refractivity contribution in [1.82, 2.24) is 10.2 Å². The minimum Gasteiger partial charge on any atom is -0.481 e. The highest BCUT2D eigenvalue weighted by Crippen LogP contribution is 2.77. The fourth-order valence-corrected chi connectivity index (χ4v) is 14.1. The maximum Gasteiger partial charge on any atom is 0.335 e. The molecule has 1 aromatic carbocycles. The molecule has 4 saturated carbocycles. The van der Waals surface area contributed by atoms with Gasteiger partial charge in [-0.1, -0.05) is 59.4 Å². The van der Waals surface area contributed by atoms with E-state index in [4.69, 9.17) is 9.47 Å². The van der Waals surface area contributed by atoms with E-state index < -0.39 is 17.4 Å². The summed E-state index contributed by atoms with van der Waals surface area (Å²) in [4.78, 5) is 39.8. The number of carbonyl (C=O) groups is 3. The first-order valence-corrected chi connectivity index (χ1v) is 21.2. The smallest absolute Gasteiger partial charge is 0.335 e. The van der Waals surface area contributed by atoms with Crippen LogP contribution in [0.4, 0.5) is 0 Å². The predicted molar refractivity (Wildman–Crippen MR) is 213 cm³/mol. The van der Waals surface area contributed by atoms with Crippen LogP contribution in [0.15, 0.2) is 42.5 Å². The molecule has 0 spiro atoms. The van der Waals surface area contributed by atoms with Gasteiger partial charge in [-0.15, -0.1) is 0 Å². The van der Waals surface area contributed by atoms with Gasteiger partial charge >= 0.3 is 11.9 Å². The van der Waals surface area contributed by atoms with Gasteiger partial charge in [0.2, 0.25) is 5.91 Å². The lowest BCUT2D eigenvalue weighted by molar-refractivity contribution is -0.225. The van der Waals surface area contributed by atoms with E-state index in [1.807, 2.05) is 12.1 Å². The van der Waals surface area contributed by atoms with Gasteiger partial charge in [-0.3, -0.25) is 14.5 Å². The average molecular weight is 759 g/mol. The number of amides is 1. The summed E-state index contributed by atoms with van der Waals surface area (Å²) in [6.07, 6.45) is 11.5. The van der Waals surface area contributed by atoms with Crippen molar-refractivity contribution in [3.63, 3.8) is 0 Å². The number of aromatic carboxylic acids is 1. The summed E-state index contributed by atoms with van der Waals surface area (Å²) in [5.74, 6) is -0.00195. The fourth-order valence-electron chi connectivity index (χ4n) is 14.1. The number of benzene rings is 1. The molecule has 1 saturated heterocycles. The highest BCUT2D eigenvalue weighted by Gasteiger charge is 2.71. The number of fused-ring (bicyclic) bond motifs is 7. The van der Waals surface area contributed by atoms with E-state index in [-0.39, 0.29) is 52.4 Å². The Bertz CT molecular complexity index is 1680. The molecule has 9 heteroatoms. The summed E-state index contributed by atoms with van der Waals surface area (Å²) in [6, 6.07) is 7.46. The van der Waals surface area contributed by atoms with Crippen LogP contribution >= 0.6 is 0 Å². The SMILES string of the molecule is C=C(COCCN1CCOCC1)C1CCC2(C(=O)NCCC(=O)O)CCC3(C)C(CCC4C5(C)CC=C(c6ccc(C(=O)O)cc6)C(C)(C)C5CCC43C)C12. The topological polar surface area (TPSA) is 125 Å². The van der Waals surface area contributed by atoms with Crippen molar-refractivity contribution < 1.29 is 34.1 Å². The quantitative estimate of drug-likeness (QED) is 0.145. The van der Waals surface area contributed by atoms with Crippen LogP contribution in [-0.2, 0) is 19.1 Å². The van der Waals surface area contributed by atoms with Crippen molar-refractivity contribution in [2.75, 3.05) is 52.6 Å². The Balaban J connectivity index is 1.15. The van der Waals surface area contributed by atoms with E-state index in [0.717, 1.165) is 102 Å². The van der Waals surface area contributed by atoms with Crippen LogP contribution in [0.3, 0.4) is 0 Å². The molecule has 3 N–H and O–H groups in total. The molecule has 1 amide bonds. The fraction of sp³-hybridized carbons (Fsp3) is 0.717. The summed E-state index contributed by atoms with van der Waals surface area (Å²) in [5, 5.41) is 22.0. The zero-order valence-corrected chi connectivity index (χ0v) is 34.1. The third-order valence-electron chi connectivity index (χ3n) is 17.0. The van der Waals surface area contributed by atoms with E-state index >= 15 is 0 Å². The van der Waals surface area contributed by atoms with E-state index in [1.165, 1.54) is 5.57 Å². The second kappa shape index (κ2) is 15.1. The molecule has 9 unspecified atom stereocenters. The molecule has 1 aliphatic heterocycles. The Kier molecular flexibility index (Phi) is 11.0. The van der Waals surface area contributed by atoms with Gasteiger partial charge in [0.05, 0.1) is 43.8 Å². The molecule has 9 atom stereocenters. The van der Waals surface area contributed by atoms with Crippen LogP contribution in [0.5, 0.6) is 0 Å². The third kappa shape index (κ3) is 6.72. The van der Waals surface area contributed by atoms with Gasteiger partial charge in [-0.25, -0.2) is 4.79 Å². The molecule has 1 heterocycles. The van der Waals surface area contributed by atoms with E-state index in [0.29, 0.717) is 36.5 Å². The van der Waals surface area contributed by atoms with E-state index in [1.54, 1.807) is 12.1 Å². The predicted octanol–water partition coefficient (Wildman–Crippen LogP) is 7.96. The average Bonchev–Trinajstić information content (AvgIpc) is 3.55. The highest BCUT2D eigenvalue weighted by molar-refractivity contribution is 5.88. The first-order chi connectivity index (χ1) is 26.1. The Hall–Kier alpha value is -3.01. The van der Waals surface area contributed by atoms with Gasteiger partial charge in [0, 0.05) is 26.2 Å². The molecule has 5 aliphatic carbocycles. The molecular weight excluding hydrogens is 693 g/mol. The van der Waals surface area contributed by atoms with Gasteiger partial charge in [-0.05, 0) is 138 Å². The van der Waals surface area contributed by atoms with E-state index in [2.05, 4.69) is 57.5 Å². The Morgan fingerprint density at radius 2 is 1.64 bits per heavy atom. The summed E-state index contributed by atoms with van der Waals surface area (Å²) in [5.41, 5.74) is 3.57. The molecule has 0 radical (unpaired) electrons. The molecule has 6 aliphatic rings. The molecule has 1 aromatic rings. The summed E-state index contributed by atoms with van der Waals surface area (Å²) < 4.78 is 11.8. The highest BCUT2D eigenvalue weighted by atomic mass is 16.5. The summed E-state index contributed by atoms with van der Waals surface area (Å²) in [7, 11) is 0. The number of morpholine rings is 1. The van der Waals surface area contributed by atoms with Crippen molar-refractivity contribution >= 4 is 23.4 Å². The maximum atomic E-state index is 14.4. The second-order valence-corrected chi connectivity index (χ2v) is 19.5. The zero-order valence-electron chi connectivity index (χ0n) is 34.1. The number of rotatable bonds is 12. The monoisotopic (exact) mass is 758 g/mol. The number of hydrogen-bond acceptors (Lipinski definition) is 6. The molecular formula is C46H66N2O7. The number of ether oxygens (including phenoxy) is 2. The van der Waals surface area contributed by atoms with Gasteiger partial charge < -0.3 is 25.0 Å². The standard InChI is InChI=1S/C46H66N2O7/c1-30(29-55-28-25-48-23-26-54-27-24-48)33-13-19-46(41(53)47-22-16-38(49)50)21-20-44(5)35(39(33)46)11-12-37-43(4)17-14-34(31-7-9-32(10-8-31)40(51)52)42(2,3)36(43)15-18-45(37,44)6/h7-10,14,33,35-37,39H,1,11-13,15-29H2,2-6H3,(H,47,53)(H,49,50)(H,51,52). The van der Waals surface area contributed by atoms with Gasteiger partial charge in [0.1, 0.15) is 0 Å². The number of allylic oxidation sites excluding steroid dienone is 2. The normalized spacial score (nSPS) is 38.1. The molecule has 55 heavy (non-hydrogen) atoms. The van der Waals surface area contributed by atoms with Crippen LogP contribution in [0.2, 0.25) is 0 Å². The van der Waals surface area contributed by atoms with Crippen LogP contribution in [-0.4, -0.2) is 85.6 Å². The second-order valence-electron chi connectivity index (χ2n) is 19.5. The minimum atomic E-state index is -0.897. The number of carboxylic acids is 2. The van der Waals surface area contributed by atoms with Crippen molar-refractivity contribution in [2.45, 2.75) is 98.8 Å². The van der Waals surface area contributed by atoms with Crippen LogP contribution in [0.25, 0.3) is 5.57 Å². The summed E-state index contributed by atoms with van der Waals surface area (Å²) in [6.45, 7) is 22.9. The minimum absolute atomic E-state index is 0.0419. The largest absolute Gasteiger partial charge is 0.481 e. The van der Waals surface area contributed by atoms with Crippen molar-refractivity contribution in [3.8, 4) is 0 Å². The molecule has 5 fully saturated rings. The van der Waals surface area contributed by atoms with Gasteiger partial charge in [0.15, 0.2) is 0 Å². The van der Waals surface area contributed by atoms with E-state index in [9.17, 15) is 24.6 Å². The zero-order chi connectivity index (χ0) is 39.4. The Labute approximate surface area is 328 Å². The van der Waals surface area contributed by atoms with Gasteiger partial charge in [0.25, 0.3) is 0 Å². The number of carboxylic acid groups (broad SMARTS) is 2. The lowest BCUT2D eigenvalue weighted by Gasteiger charge is -2.72. The van der Waals surface area contributed by atoms with Gasteiger partial charge in [-0.2, -0.15) is 0 Å². The number of hydrogen-bond donors (Lipinski definition) is 3. The van der Waals surface area contributed by atoms with Crippen molar-refractivity contribution in [2.24, 2.45) is 56.7 Å². The Morgan fingerprint density at radius 3 is 2.33 bits per heavy atom. The van der Waals surface area contributed by atoms with Crippen molar-refractivity contribution in [1.29, 1.82) is 0 Å². The maximum absolute atomic E-state index is 14.4. The first kappa shape index (κ1) is 40.2. The number of aliphatic carboxylic acids is 1. The Morgan fingerprint density at radius 1 is 0.909 bits per heavy atom. The molecule has 302 valence electrons. The van der Waals surface area contributed by atoms with Crippen LogP contribution < -0.4 is 5.32 Å². The molecule has 0 aromatic heterocycles. The first-order valence-electron chi connectivity index (χ1n) is 21.2. The molecule has 0 bridgehead atoms. The molecule has 7 rings (SSSR count). The number of nitrogens with one attached hydrogen (secondary N) is 1. The number of carbonyl (C=O) groups excluding carboxylic acids is 1. The van der Waals surface area contributed by atoms with Crippen LogP contribution in [0, 0.1) is 56.7 Å². The third-order valence-corrected chi connectivity index (χ3v) is 17.0. The van der Waals surface area contributed by atoms with Crippen LogP contribution in [0.1, 0.15) is 115 Å². The lowest BCUT2D eigenvalue weighted by Crippen LogP contribution is -2.66. The lowest BCUT2D eigenvalue weighted by atomic mass is 9.32.